The van der Waals surface area contributed by atoms with Gasteiger partial charge in [-0.3, -0.25) is 4.79 Å². The first-order chi connectivity index (χ1) is 12.1. The number of nitrogens with zero attached hydrogens (tertiary/aromatic N) is 4. The molecule has 1 saturated heterocycles. The molecule has 0 atom stereocenters. The Morgan fingerprint density at radius 2 is 1.84 bits per heavy atom. The average Bonchev–Trinajstić information content (AvgIpc) is 2.88. The molecule has 1 aliphatic rings. The number of hydrogen-bond donors (Lipinski definition) is 1. The highest BCUT2D eigenvalue weighted by Gasteiger charge is 2.23. The molecule has 3 rings (SSSR count). The lowest BCUT2D eigenvalue weighted by molar-refractivity contribution is 0.0688. The monoisotopic (exact) mass is 344 g/mol. The van der Waals surface area contributed by atoms with Crippen LogP contribution in [-0.4, -0.2) is 58.0 Å². The van der Waals surface area contributed by atoms with E-state index in [1.54, 1.807) is 17.0 Å². The molecule has 1 aromatic carbocycles. The Bertz CT molecular complexity index is 782. The van der Waals surface area contributed by atoms with E-state index in [0.29, 0.717) is 38.4 Å². The number of anilines is 1. The molecule has 2 heterocycles. The SMILES string of the molecule is O=C(O)c1cnc(N2CCCN(C(=O)c3ccccc3F)CC2)cn1. The minimum atomic E-state index is -1.13. The van der Waals surface area contributed by atoms with E-state index in [1.165, 1.54) is 24.5 Å². The smallest absolute Gasteiger partial charge is 0.356 e. The predicted molar refractivity (Wildman–Crippen MR) is 88.1 cm³/mol. The second-order valence-corrected chi connectivity index (χ2v) is 5.68. The topological polar surface area (TPSA) is 86.6 Å². The largest absolute Gasteiger partial charge is 0.476 e. The van der Waals surface area contributed by atoms with Gasteiger partial charge in [-0.05, 0) is 18.6 Å². The molecule has 1 aromatic heterocycles. The van der Waals surface area contributed by atoms with Gasteiger partial charge in [0.1, 0.15) is 11.6 Å². The normalized spacial score (nSPS) is 14.9. The fourth-order valence-electron chi connectivity index (χ4n) is 2.75. The number of aromatic nitrogens is 2. The van der Waals surface area contributed by atoms with Crippen LogP contribution in [0.4, 0.5) is 10.2 Å². The van der Waals surface area contributed by atoms with Crippen LogP contribution in [0, 0.1) is 5.82 Å². The van der Waals surface area contributed by atoms with Crippen molar-refractivity contribution in [2.75, 3.05) is 31.1 Å². The Balaban J connectivity index is 1.69. The second kappa shape index (κ2) is 7.25. The number of carboxylic acid groups (broad SMARTS) is 1. The summed E-state index contributed by atoms with van der Waals surface area (Å²) in [6.45, 7) is 2.11. The van der Waals surface area contributed by atoms with Crippen molar-refractivity contribution in [2.45, 2.75) is 6.42 Å². The van der Waals surface area contributed by atoms with Crippen molar-refractivity contribution < 1.29 is 19.1 Å². The molecule has 0 bridgehead atoms. The Morgan fingerprint density at radius 1 is 1.04 bits per heavy atom. The summed E-state index contributed by atoms with van der Waals surface area (Å²) in [7, 11) is 0. The number of carbonyl (C=O) groups excluding carboxylic acids is 1. The molecule has 0 unspecified atom stereocenters. The van der Waals surface area contributed by atoms with E-state index in [1.807, 2.05) is 4.90 Å². The lowest BCUT2D eigenvalue weighted by atomic mass is 10.2. The highest BCUT2D eigenvalue weighted by Crippen LogP contribution is 2.16. The van der Waals surface area contributed by atoms with Gasteiger partial charge in [0.05, 0.1) is 18.0 Å². The van der Waals surface area contributed by atoms with Crippen LogP contribution in [0.5, 0.6) is 0 Å². The summed E-state index contributed by atoms with van der Waals surface area (Å²) >= 11 is 0. The number of carboxylic acids is 1. The maximum Gasteiger partial charge on any atom is 0.356 e. The number of carbonyl (C=O) groups is 2. The van der Waals surface area contributed by atoms with Gasteiger partial charge in [-0.15, -0.1) is 0 Å². The number of benzene rings is 1. The molecule has 1 fully saturated rings. The molecule has 0 radical (unpaired) electrons. The third kappa shape index (κ3) is 3.73. The fourth-order valence-corrected chi connectivity index (χ4v) is 2.75. The second-order valence-electron chi connectivity index (χ2n) is 5.68. The first kappa shape index (κ1) is 16.8. The van der Waals surface area contributed by atoms with Crippen LogP contribution < -0.4 is 4.90 Å². The van der Waals surface area contributed by atoms with Crippen molar-refractivity contribution in [1.82, 2.24) is 14.9 Å². The van der Waals surface area contributed by atoms with Crippen LogP contribution in [0.25, 0.3) is 0 Å². The zero-order chi connectivity index (χ0) is 17.8. The van der Waals surface area contributed by atoms with Gasteiger partial charge >= 0.3 is 5.97 Å². The van der Waals surface area contributed by atoms with E-state index in [-0.39, 0.29) is 17.2 Å². The van der Waals surface area contributed by atoms with Gasteiger partial charge in [0, 0.05) is 26.2 Å². The van der Waals surface area contributed by atoms with Crippen molar-refractivity contribution in [3.05, 3.63) is 53.7 Å². The summed E-state index contributed by atoms with van der Waals surface area (Å²) in [6.07, 6.45) is 3.32. The van der Waals surface area contributed by atoms with Crippen LogP contribution in [0.2, 0.25) is 0 Å². The van der Waals surface area contributed by atoms with Gasteiger partial charge in [0.15, 0.2) is 5.69 Å². The molecule has 1 N–H and O–H groups in total. The summed E-state index contributed by atoms with van der Waals surface area (Å²) < 4.78 is 13.8. The van der Waals surface area contributed by atoms with E-state index in [9.17, 15) is 14.0 Å². The molecule has 0 aliphatic carbocycles. The maximum atomic E-state index is 13.8. The summed E-state index contributed by atoms with van der Waals surface area (Å²) in [4.78, 5) is 34.9. The molecular weight excluding hydrogens is 327 g/mol. The van der Waals surface area contributed by atoms with Gasteiger partial charge < -0.3 is 14.9 Å². The van der Waals surface area contributed by atoms with Crippen molar-refractivity contribution in [3.8, 4) is 0 Å². The quantitative estimate of drug-likeness (QED) is 0.911. The van der Waals surface area contributed by atoms with Crippen LogP contribution >= 0.6 is 0 Å². The zero-order valence-electron chi connectivity index (χ0n) is 13.4. The van der Waals surface area contributed by atoms with Gasteiger partial charge in [-0.2, -0.15) is 0 Å². The van der Waals surface area contributed by atoms with E-state index >= 15 is 0 Å². The summed E-state index contributed by atoms with van der Waals surface area (Å²) in [5.74, 6) is -1.42. The lowest BCUT2D eigenvalue weighted by Gasteiger charge is -2.22. The molecule has 130 valence electrons. The van der Waals surface area contributed by atoms with Crippen LogP contribution in [-0.2, 0) is 0 Å². The minimum Gasteiger partial charge on any atom is -0.476 e. The van der Waals surface area contributed by atoms with E-state index < -0.39 is 11.8 Å². The van der Waals surface area contributed by atoms with E-state index in [0.717, 1.165) is 0 Å². The van der Waals surface area contributed by atoms with Crippen molar-refractivity contribution >= 4 is 17.7 Å². The maximum absolute atomic E-state index is 13.8. The first-order valence-electron chi connectivity index (χ1n) is 7.90. The number of hydrogen-bond acceptors (Lipinski definition) is 5. The molecule has 7 nitrogen and oxygen atoms in total. The summed E-state index contributed by atoms with van der Waals surface area (Å²) in [5.41, 5.74) is -0.0449. The number of halogens is 1. The Labute approximate surface area is 143 Å². The predicted octanol–water partition coefficient (Wildman–Crippen LogP) is 1.67. The molecular formula is C17H17FN4O3. The molecule has 0 spiro atoms. The standard InChI is InChI=1S/C17H17FN4O3/c18-13-5-2-1-4-12(13)16(23)22-7-3-6-21(8-9-22)15-11-19-14(10-20-15)17(24)25/h1-2,4-5,10-11H,3,6-9H2,(H,24,25). The third-order valence-corrected chi connectivity index (χ3v) is 4.07. The number of amides is 1. The Morgan fingerprint density at radius 3 is 2.52 bits per heavy atom. The lowest BCUT2D eigenvalue weighted by Crippen LogP contribution is -2.35. The number of rotatable bonds is 3. The first-order valence-corrected chi connectivity index (χ1v) is 7.90. The van der Waals surface area contributed by atoms with Crippen LogP contribution in [0.1, 0.15) is 27.3 Å². The van der Waals surface area contributed by atoms with Crippen LogP contribution in [0.3, 0.4) is 0 Å². The van der Waals surface area contributed by atoms with Gasteiger partial charge in [0.25, 0.3) is 5.91 Å². The molecule has 1 aliphatic heterocycles. The van der Waals surface area contributed by atoms with Crippen molar-refractivity contribution in [1.29, 1.82) is 0 Å². The average molecular weight is 344 g/mol. The van der Waals surface area contributed by atoms with E-state index in [2.05, 4.69) is 9.97 Å². The van der Waals surface area contributed by atoms with E-state index in [4.69, 9.17) is 5.11 Å². The van der Waals surface area contributed by atoms with Crippen LogP contribution in [0.15, 0.2) is 36.7 Å². The molecule has 0 saturated carbocycles. The van der Waals surface area contributed by atoms with Gasteiger partial charge in [-0.1, -0.05) is 12.1 Å². The number of aromatic carboxylic acids is 1. The summed E-state index contributed by atoms with van der Waals surface area (Å²) in [5, 5.41) is 8.87. The molecule has 2 aromatic rings. The molecule has 8 heteroatoms. The fraction of sp³-hybridized carbons (Fsp3) is 0.294. The Kier molecular flexibility index (Phi) is 4.87. The van der Waals surface area contributed by atoms with Gasteiger partial charge in [-0.25, -0.2) is 19.2 Å². The minimum absolute atomic E-state index is 0.0709. The van der Waals surface area contributed by atoms with Gasteiger partial charge in [0.2, 0.25) is 0 Å². The zero-order valence-corrected chi connectivity index (χ0v) is 13.4. The third-order valence-electron chi connectivity index (χ3n) is 4.07. The highest BCUT2D eigenvalue weighted by atomic mass is 19.1. The Hall–Kier alpha value is -3.03. The summed E-state index contributed by atoms with van der Waals surface area (Å²) in [6, 6.07) is 5.95. The van der Waals surface area contributed by atoms with Crippen molar-refractivity contribution in [3.63, 3.8) is 0 Å². The highest BCUT2D eigenvalue weighted by molar-refractivity contribution is 5.94. The molecule has 25 heavy (non-hydrogen) atoms. The van der Waals surface area contributed by atoms with Crippen molar-refractivity contribution in [2.24, 2.45) is 0 Å². The molecule has 1 amide bonds.